The second-order valence-electron chi connectivity index (χ2n) is 5.00. The topological polar surface area (TPSA) is 50.3 Å². The fraction of sp³-hybridized carbons (Fsp3) is 0.188. The van der Waals surface area contributed by atoms with Crippen LogP contribution in [0.25, 0.3) is 0 Å². The predicted octanol–water partition coefficient (Wildman–Crippen LogP) is 3.47. The minimum absolute atomic E-state index is 0.158. The van der Waals surface area contributed by atoms with Crippen molar-refractivity contribution >= 4 is 40.9 Å². The van der Waals surface area contributed by atoms with E-state index in [0.29, 0.717) is 5.69 Å². The van der Waals surface area contributed by atoms with Crippen molar-refractivity contribution in [1.82, 2.24) is 4.98 Å². The number of hydrogen-bond donors (Lipinski definition) is 0. The summed E-state index contributed by atoms with van der Waals surface area (Å²) < 4.78 is 0. The van der Waals surface area contributed by atoms with Gasteiger partial charge in [-0.2, -0.15) is 0 Å². The summed E-state index contributed by atoms with van der Waals surface area (Å²) in [6.45, 7) is 2.00. The number of aromatic nitrogens is 1. The van der Waals surface area contributed by atoms with Crippen molar-refractivity contribution < 1.29 is 9.59 Å². The molecule has 1 aliphatic rings. The highest BCUT2D eigenvalue weighted by Crippen LogP contribution is 2.35. The first-order valence-electron chi connectivity index (χ1n) is 6.77. The van der Waals surface area contributed by atoms with Crippen LogP contribution >= 0.6 is 23.4 Å². The molecule has 1 aromatic carbocycles. The van der Waals surface area contributed by atoms with Crippen LogP contribution in [0, 0.1) is 6.92 Å². The van der Waals surface area contributed by atoms with Gasteiger partial charge in [-0.15, -0.1) is 11.8 Å². The Balaban J connectivity index is 1.82. The number of imide groups is 1. The van der Waals surface area contributed by atoms with Crippen LogP contribution in [-0.4, -0.2) is 22.0 Å². The molecule has 4 nitrogen and oxygen atoms in total. The van der Waals surface area contributed by atoms with Crippen molar-refractivity contribution in [3.63, 3.8) is 0 Å². The van der Waals surface area contributed by atoms with Crippen LogP contribution in [0.3, 0.4) is 0 Å². The lowest BCUT2D eigenvalue weighted by atomic mass is 10.2. The molecule has 1 atom stereocenters. The van der Waals surface area contributed by atoms with E-state index in [1.165, 1.54) is 18.0 Å². The number of anilines is 1. The molecule has 2 amide bonds. The summed E-state index contributed by atoms with van der Waals surface area (Å²) in [4.78, 5) is 30.8. The summed E-state index contributed by atoms with van der Waals surface area (Å²) in [6.07, 6.45) is 1.69. The van der Waals surface area contributed by atoms with Gasteiger partial charge in [0.05, 0.1) is 10.9 Å². The van der Waals surface area contributed by atoms with Crippen LogP contribution in [0.5, 0.6) is 0 Å². The van der Waals surface area contributed by atoms with Crippen molar-refractivity contribution in [2.24, 2.45) is 0 Å². The highest BCUT2D eigenvalue weighted by molar-refractivity contribution is 8.00. The average Bonchev–Trinajstić information content (AvgIpc) is 2.77. The Morgan fingerprint density at radius 2 is 1.95 bits per heavy atom. The molecule has 3 rings (SSSR count). The molecule has 0 radical (unpaired) electrons. The second-order valence-corrected chi connectivity index (χ2v) is 6.64. The van der Waals surface area contributed by atoms with Gasteiger partial charge in [-0.3, -0.25) is 9.59 Å². The lowest BCUT2D eigenvalue weighted by Gasteiger charge is -2.15. The van der Waals surface area contributed by atoms with Crippen LogP contribution in [-0.2, 0) is 9.59 Å². The number of carbonyl (C=O) groups is 2. The van der Waals surface area contributed by atoms with Gasteiger partial charge in [-0.25, -0.2) is 9.88 Å². The molecular formula is C16H13ClN2O2S. The molecule has 22 heavy (non-hydrogen) atoms. The zero-order chi connectivity index (χ0) is 15.7. The number of nitrogens with zero attached hydrogens (tertiary/aromatic N) is 2. The van der Waals surface area contributed by atoms with Crippen molar-refractivity contribution in [1.29, 1.82) is 0 Å². The third kappa shape index (κ3) is 2.87. The van der Waals surface area contributed by atoms with Gasteiger partial charge in [0.25, 0.3) is 0 Å². The van der Waals surface area contributed by atoms with E-state index < -0.39 is 5.25 Å². The van der Waals surface area contributed by atoms with E-state index in [9.17, 15) is 9.59 Å². The molecule has 0 spiro atoms. The van der Waals surface area contributed by atoms with Crippen molar-refractivity contribution in [2.75, 3.05) is 4.90 Å². The molecule has 0 saturated carbocycles. The zero-order valence-electron chi connectivity index (χ0n) is 11.8. The van der Waals surface area contributed by atoms with E-state index in [2.05, 4.69) is 4.98 Å². The van der Waals surface area contributed by atoms with Gasteiger partial charge in [0.1, 0.15) is 0 Å². The number of benzene rings is 1. The first-order chi connectivity index (χ1) is 10.6. The van der Waals surface area contributed by atoms with Gasteiger partial charge in [-0.1, -0.05) is 29.3 Å². The molecule has 0 N–H and O–H groups in total. The van der Waals surface area contributed by atoms with E-state index in [0.717, 1.165) is 15.4 Å². The molecule has 1 fully saturated rings. The van der Waals surface area contributed by atoms with E-state index >= 15 is 0 Å². The monoisotopic (exact) mass is 332 g/mol. The van der Waals surface area contributed by atoms with Gasteiger partial charge >= 0.3 is 0 Å². The number of amides is 2. The number of thioether (sulfide) groups is 1. The van der Waals surface area contributed by atoms with Crippen molar-refractivity contribution in [2.45, 2.75) is 23.5 Å². The van der Waals surface area contributed by atoms with Gasteiger partial charge in [0, 0.05) is 17.5 Å². The standard InChI is InChI=1S/C16H13ClN2O2S/c1-10-4-6-11(7-5-10)22-13-9-14(20)19(16(13)21)12-3-2-8-18-15(12)17/h2-8,13H,9H2,1H3. The number of rotatable bonds is 3. The van der Waals surface area contributed by atoms with Crippen molar-refractivity contribution in [3.05, 3.63) is 53.3 Å². The Labute approximate surface area is 137 Å². The summed E-state index contributed by atoms with van der Waals surface area (Å²) in [5.41, 5.74) is 1.51. The van der Waals surface area contributed by atoms with Crippen LogP contribution in [0.15, 0.2) is 47.5 Å². The second kappa shape index (κ2) is 6.10. The zero-order valence-corrected chi connectivity index (χ0v) is 13.4. The molecule has 6 heteroatoms. The molecule has 0 aliphatic carbocycles. The van der Waals surface area contributed by atoms with Gasteiger partial charge in [0.2, 0.25) is 11.8 Å². The maximum absolute atomic E-state index is 12.5. The van der Waals surface area contributed by atoms with E-state index in [1.54, 1.807) is 12.1 Å². The number of halogens is 1. The lowest BCUT2D eigenvalue weighted by molar-refractivity contribution is -0.121. The maximum atomic E-state index is 12.5. The average molecular weight is 333 g/mol. The van der Waals surface area contributed by atoms with Crippen LogP contribution in [0.2, 0.25) is 5.15 Å². The SMILES string of the molecule is Cc1ccc(SC2CC(=O)N(c3cccnc3Cl)C2=O)cc1. The highest BCUT2D eigenvalue weighted by Gasteiger charge is 2.41. The molecule has 0 bridgehead atoms. The van der Waals surface area contributed by atoms with Gasteiger partial charge in [0.15, 0.2) is 5.15 Å². The Kier molecular flexibility index (Phi) is 4.18. The molecule has 1 saturated heterocycles. The molecule has 2 aromatic rings. The van der Waals surface area contributed by atoms with E-state index in [-0.39, 0.29) is 23.4 Å². The van der Waals surface area contributed by atoms with Crippen molar-refractivity contribution in [3.8, 4) is 0 Å². The summed E-state index contributed by atoms with van der Waals surface area (Å²) in [5, 5.41) is -0.267. The van der Waals surface area contributed by atoms with Crippen LogP contribution < -0.4 is 4.90 Å². The first-order valence-corrected chi connectivity index (χ1v) is 8.02. The van der Waals surface area contributed by atoms with E-state index in [1.807, 2.05) is 31.2 Å². The fourth-order valence-corrected chi connectivity index (χ4v) is 3.53. The lowest BCUT2D eigenvalue weighted by Crippen LogP contribution is -2.31. The smallest absolute Gasteiger partial charge is 0.247 e. The summed E-state index contributed by atoms with van der Waals surface area (Å²) in [7, 11) is 0. The molecule has 2 heterocycles. The molecular weight excluding hydrogens is 320 g/mol. The summed E-state index contributed by atoms with van der Waals surface area (Å²) in [5.74, 6) is -0.491. The minimum atomic E-state index is -0.425. The van der Waals surface area contributed by atoms with Gasteiger partial charge in [-0.05, 0) is 31.2 Å². The van der Waals surface area contributed by atoms with Gasteiger partial charge < -0.3 is 0 Å². The number of carbonyl (C=O) groups excluding carboxylic acids is 2. The Bertz CT molecular complexity index is 733. The molecule has 1 unspecified atom stereocenters. The Morgan fingerprint density at radius 1 is 1.23 bits per heavy atom. The molecule has 1 aliphatic heterocycles. The van der Waals surface area contributed by atoms with Crippen LogP contribution in [0.1, 0.15) is 12.0 Å². The largest absolute Gasteiger partial charge is 0.274 e. The quantitative estimate of drug-likeness (QED) is 0.638. The third-order valence-electron chi connectivity index (χ3n) is 3.38. The number of pyridine rings is 1. The maximum Gasteiger partial charge on any atom is 0.247 e. The fourth-order valence-electron chi connectivity index (χ4n) is 2.27. The Hall–Kier alpha value is -1.85. The minimum Gasteiger partial charge on any atom is -0.274 e. The molecule has 112 valence electrons. The predicted molar refractivity (Wildman–Crippen MR) is 87.2 cm³/mol. The first kappa shape index (κ1) is 15.1. The summed E-state index contributed by atoms with van der Waals surface area (Å²) in [6, 6.07) is 11.2. The molecule has 1 aromatic heterocycles. The highest BCUT2D eigenvalue weighted by atomic mass is 35.5. The summed E-state index contributed by atoms with van der Waals surface area (Å²) >= 11 is 7.40. The van der Waals surface area contributed by atoms with E-state index in [4.69, 9.17) is 11.6 Å². The normalized spacial score (nSPS) is 18.1. The third-order valence-corrected chi connectivity index (χ3v) is 4.87. The Morgan fingerprint density at radius 3 is 2.64 bits per heavy atom. The number of aryl methyl sites for hydroxylation is 1. The van der Waals surface area contributed by atoms with Crippen LogP contribution in [0.4, 0.5) is 5.69 Å². The number of hydrogen-bond acceptors (Lipinski definition) is 4.